The third-order valence-electron chi connectivity index (χ3n) is 4.12. The fourth-order valence-electron chi connectivity index (χ4n) is 2.88. The molecule has 0 saturated carbocycles. The first kappa shape index (κ1) is 15.4. The second-order valence-corrected chi connectivity index (χ2v) is 7.03. The Hall–Kier alpha value is -1.50. The average Bonchev–Trinajstić information content (AvgIpc) is 3.15. The molecule has 22 heavy (non-hydrogen) atoms. The summed E-state index contributed by atoms with van der Waals surface area (Å²) in [5.41, 5.74) is 0. The lowest BCUT2D eigenvalue weighted by Crippen LogP contribution is -2.42. The fourth-order valence-corrected chi connectivity index (χ4v) is 4.09. The second kappa shape index (κ2) is 7.17. The zero-order valence-corrected chi connectivity index (χ0v) is 13.5. The highest BCUT2D eigenvalue weighted by molar-refractivity contribution is 7.12. The van der Waals surface area contributed by atoms with Gasteiger partial charge in [0.2, 0.25) is 0 Å². The Labute approximate surface area is 134 Å². The van der Waals surface area contributed by atoms with Crippen molar-refractivity contribution >= 4 is 17.1 Å². The molecular weight excluding hydrogens is 296 g/mol. The first-order valence-corrected chi connectivity index (χ1v) is 8.61. The first-order chi connectivity index (χ1) is 10.7. The van der Waals surface area contributed by atoms with Crippen LogP contribution < -0.4 is 5.84 Å². The van der Waals surface area contributed by atoms with Gasteiger partial charge in [0.05, 0.1) is 18.9 Å². The van der Waals surface area contributed by atoms with Crippen LogP contribution in [0, 0.1) is 0 Å². The molecule has 2 N–H and O–H groups in total. The van der Waals surface area contributed by atoms with Gasteiger partial charge in [-0.3, -0.25) is 10.6 Å². The summed E-state index contributed by atoms with van der Waals surface area (Å²) in [4.78, 5) is 18.2. The molecule has 0 radical (unpaired) electrons. The highest BCUT2D eigenvalue weighted by atomic mass is 32.1. The summed E-state index contributed by atoms with van der Waals surface area (Å²) in [6.07, 6.45) is 10.6. The molecule has 5 nitrogen and oxygen atoms in total. The van der Waals surface area contributed by atoms with Crippen LogP contribution in [-0.2, 0) is 17.8 Å². The van der Waals surface area contributed by atoms with E-state index in [1.807, 2.05) is 30.1 Å². The van der Waals surface area contributed by atoms with Crippen LogP contribution in [-0.4, -0.2) is 26.9 Å². The van der Waals surface area contributed by atoms with E-state index in [1.165, 1.54) is 16.2 Å². The molecule has 1 saturated heterocycles. The predicted octanol–water partition coefficient (Wildman–Crippen LogP) is 2.55. The van der Waals surface area contributed by atoms with Gasteiger partial charge in [-0.05, 0) is 37.8 Å². The number of Topliss-reactive ketones (excluding diaryl/α,β-unsaturated/α-hetero) is 1. The molecule has 2 aromatic rings. The maximum absolute atomic E-state index is 11.4. The SMILES string of the molecule is NN1CC(=O)CCC1c1ccc(CCCCn2ccnc2)s1. The molecule has 3 rings (SSSR count). The van der Waals surface area contributed by atoms with Crippen molar-refractivity contribution in [1.29, 1.82) is 0 Å². The highest BCUT2D eigenvalue weighted by Gasteiger charge is 2.26. The Bertz CT molecular complexity index is 607. The van der Waals surface area contributed by atoms with Crippen LogP contribution >= 0.6 is 11.3 Å². The average molecular weight is 318 g/mol. The Morgan fingerprint density at radius 3 is 3.05 bits per heavy atom. The van der Waals surface area contributed by atoms with Crippen LogP contribution in [0.25, 0.3) is 0 Å². The van der Waals surface area contributed by atoms with E-state index in [2.05, 4.69) is 21.7 Å². The molecule has 0 amide bonds. The Morgan fingerprint density at radius 2 is 2.27 bits per heavy atom. The topological polar surface area (TPSA) is 64.2 Å². The number of carbonyl (C=O) groups excluding carboxylic acids is 1. The molecule has 1 aliphatic heterocycles. The summed E-state index contributed by atoms with van der Waals surface area (Å²) >= 11 is 1.84. The number of imidazole rings is 1. The van der Waals surface area contributed by atoms with Crippen LogP contribution in [0.1, 0.15) is 41.5 Å². The maximum Gasteiger partial charge on any atom is 0.148 e. The van der Waals surface area contributed by atoms with Crippen molar-refractivity contribution in [3.8, 4) is 0 Å². The summed E-state index contributed by atoms with van der Waals surface area (Å²) in [5, 5.41) is 1.69. The molecule has 6 heteroatoms. The molecule has 1 fully saturated rings. The molecule has 1 unspecified atom stereocenters. The van der Waals surface area contributed by atoms with Crippen molar-refractivity contribution in [3.05, 3.63) is 40.6 Å². The van der Waals surface area contributed by atoms with Gasteiger partial charge >= 0.3 is 0 Å². The lowest BCUT2D eigenvalue weighted by atomic mass is 10.0. The number of nitrogens with zero attached hydrogens (tertiary/aromatic N) is 3. The van der Waals surface area contributed by atoms with Gasteiger partial charge in [0.1, 0.15) is 5.78 Å². The number of nitrogens with two attached hydrogens (primary N) is 1. The Kier molecular flexibility index (Phi) is 5.02. The van der Waals surface area contributed by atoms with Gasteiger partial charge < -0.3 is 4.57 Å². The number of carbonyl (C=O) groups is 1. The van der Waals surface area contributed by atoms with Crippen LogP contribution in [0.4, 0.5) is 0 Å². The molecule has 0 aromatic carbocycles. The number of thiophene rings is 1. The number of rotatable bonds is 6. The van der Waals surface area contributed by atoms with E-state index >= 15 is 0 Å². The standard InChI is InChI=1S/C16H22N4OS/c17-20-11-13(21)4-6-15(20)16-7-5-14(22-16)3-1-2-9-19-10-8-18-12-19/h5,7-8,10,12,15H,1-4,6,9,11,17H2. The molecule has 1 atom stereocenters. The first-order valence-electron chi connectivity index (χ1n) is 7.80. The monoisotopic (exact) mass is 318 g/mol. The van der Waals surface area contributed by atoms with Crippen molar-refractivity contribution in [2.45, 2.75) is 44.7 Å². The molecule has 1 aliphatic rings. The highest BCUT2D eigenvalue weighted by Crippen LogP contribution is 2.32. The number of unbranched alkanes of at least 4 members (excludes halogenated alkanes) is 1. The zero-order valence-electron chi connectivity index (χ0n) is 12.6. The van der Waals surface area contributed by atoms with Crippen molar-refractivity contribution < 1.29 is 4.79 Å². The summed E-state index contributed by atoms with van der Waals surface area (Å²) < 4.78 is 2.12. The van der Waals surface area contributed by atoms with E-state index in [0.29, 0.717) is 13.0 Å². The van der Waals surface area contributed by atoms with E-state index in [1.54, 1.807) is 5.01 Å². The molecule has 2 aromatic heterocycles. The largest absolute Gasteiger partial charge is 0.337 e. The second-order valence-electron chi connectivity index (χ2n) is 5.83. The Morgan fingerprint density at radius 1 is 1.36 bits per heavy atom. The van der Waals surface area contributed by atoms with Gasteiger partial charge in [0, 0.05) is 35.1 Å². The van der Waals surface area contributed by atoms with Gasteiger partial charge in [0.25, 0.3) is 0 Å². The normalized spacial score (nSPS) is 19.7. The van der Waals surface area contributed by atoms with Gasteiger partial charge in [-0.2, -0.15) is 0 Å². The van der Waals surface area contributed by atoms with E-state index in [0.717, 1.165) is 25.8 Å². The summed E-state index contributed by atoms with van der Waals surface area (Å²) in [5.74, 6) is 6.24. The summed E-state index contributed by atoms with van der Waals surface area (Å²) in [7, 11) is 0. The lowest BCUT2D eigenvalue weighted by Gasteiger charge is -2.30. The third kappa shape index (κ3) is 3.82. The predicted molar refractivity (Wildman–Crippen MR) is 87.4 cm³/mol. The quantitative estimate of drug-likeness (QED) is 0.657. The molecular formula is C16H22N4OS. The minimum Gasteiger partial charge on any atom is -0.337 e. The number of aryl methyl sites for hydroxylation is 2. The van der Waals surface area contributed by atoms with E-state index in [9.17, 15) is 4.79 Å². The summed E-state index contributed by atoms with van der Waals surface area (Å²) in [6, 6.07) is 4.60. The van der Waals surface area contributed by atoms with Gasteiger partial charge in [-0.25, -0.2) is 9.99 Å². The number of ketones is 1. The van der Waals surface area contributed by atoms with Crippen molar-refractivity contribution in [2.75, 3.05) is 6.54 Å². The number of hydrazine groups is 1. The van der Waals surface area contributed by atoms with Crippen molar-refractivity contribution in [3.63, 3.8) is 0 Å². The van der Waals surface area contributed by atoms with Crippen molar-refractivity contribution in [2.24, 2.45) is 5.84 Å². The van der Waals surface area contributed by atoms with Crippen LogP contribution in [0.5, 0.6) is 0 Å². The fraction of sp³-hybridized carbons (Fsp3) is 0.500. The van der Waals surface area contributed by atoms with E-state index in [4.69, 9.17) is 5.84 Å². The van der Waals surface area contributed by atoms with Crippen molar-refractivity contribution in [1.82, 2.24) is 14.6 Å². The van der Waals surface area contributed by atoms with Crippen LogP contribution in [0.2, 0.25) is 0 Å². The Balaban J connectivity index is 1.47. The molecule has 118 valence electrons. The number of hydrogen-bond donors (Lipinski definition) is 1. The van der Waals surface area contributed by atoms with Crippen LogP contribution in [0.3, 0.4) is 0 Å². The maximum atomic E-state index is 11.4. The number of hydrogen-bond acceptors (Lipinski definition) is 5. The van der Waals surface area contributed by atoms with Gasteiger partial charge in [0.15, 0.2) is 0 Å². The third-order valence-corrected chi connectivity index (χ3v) is 5.36. The van der Waals surface area contributed by atoms with E-state index < -0.39 is 0 Å². The summed E-state index contributed by atoms with van der Waals surface area (Å²) in [6.45, 7) is 1.41. The minimum atomic E-state index is 0.211. The van der Waals surface area contributed by atoms with Crippen LogP contribution in [0.15, 0.2) is 30.9 Å². The minimum absolute atomic E-state index is 0.211. The smallest absolute Gasteiger partial charge is 0.148 e. The lowest BCUT2D eigenvalue weighted by molar-refractivity contribution is -0.123. The number of piperidine rings is 1. The number of aromatic nitrogens is 2. The molecule has 3 heterocycles. The molecule has 0 spiro atoms. The zero-order chi connectivity index (χ0) is 15.4. The molecule has 0 aliphatic carbocycles. The van der Waals surface area contributed by atoms with Gasteiger partial charge in [-0.15, -0.1) is 11.3 Å². The van der Waals surface area contributed by atoms with E-state index in [-0.39, 0.29) is 11.8 Å². The van der Waals surface area contributed by atoms with Gasteiger partial charge in [-0.1, -0.05) is 0 Å². The molecule has 0 bridgehead atoms.